The number of nitrogens with one attached hydrogen (secondary N) is 1. The summed E-state index contributed by atoms with van der Waals surface area (Å²) in [6, 6.07) is -0.639. The van der Waals surface area contributed by atoms with Crippen LogP contribution in [-0.4, -0.2) is 34.9 Å². The van der Waals surface area contributed by atoms with Crippen LogP contribution in [0.15, 0.2) is 36.5 Å². The highest BCUT2D eigenvalue weighted by Gasteiger charge is 2.17. The van der Waals surface area contributed by atoms with Crippen LogP contribution in [0, 0.1) is 0 Å². The third-order valence-corrected chi connectivity index (χ3v) is 11.1. The van der Waals surface area contributed by atoms with Crippen molar-refractivity contribution in [3.05, 3.63) is 36.5 Å². The van der Waals surface area contributed by atoms with Crippen molar-refractivity contribution in [2.45, 2.75) is 270 Å². The lowest BCUT2D eigenvalue weighted by atomic mass is 10.0. The van der Waals surface area contributed by atoms with E-state index in [0.717, 1.165) is 32.1 Å². The maximum atomic E-state index is 12.4. The molecule has 0 aromatic heterocycles. The topological polar surface area (TPSA) is 69.6 Å². The van der Waals surface area contributed by atoms with Crippen LogP contribution in [0.1, 0.15) is 258 Å². The molecule has 318 valence electrons. The van der Waals surface area contributed by atoms with Crippen LogP contribution < -0.4 is 5.32 Å². The van der Waals surface area contributed by atoms with Crippen LogP contribution in [0.5, 0.6) is 0 Å². The monoisotopic (exact) mass is 758 g/mol. The number of carbonyl (C=O) groups is 1. The molecular weight excluding hydrogens is 663 g/mol. The van der Waals surface area contributed by atoms with Gasteiger partial charge in [-0.1, -0.05) is 230 Å². The highest BCUT2D eigenvalue weighted by atomic mass is 16.3. The van der Waals surface area contributed by atoms with E-state index in [1.807, 2.05) is 6.08 Å². The van der Waals surface area contributed by atoms with Crippen LogP contribution in [0.3, 0.4) is 0 Å². The molecule has 0 bridgehead atoms. The van der Waals surface area contributed by atoms with Crippen LogP contribution >= 0.6 is 0 Å². The van der Waals surface area contributed by atoms with Crippen LogP contribution in [0.4, 0.5) is 0 Å². The van der Waals surface area contributed by atoms with E-state index >= 15 is 0 Å². The van der Waals surface area contributed by atoms with Gasteiger partial charge in [-0.05, 0) is 57.8 Å². The van der Waals surface area contributed by atoms with E-state index in [9.17, 15) is 15.0 Å². The second-order valence-corrected chi connectivity index (χ2v) is 16.5. The molecule has 0 radical (unpaired) electrons. The minimum atomic E-state index is -0.862. The van der Waals surface area contributed by atoms with Gasteiger partial charge in [-0.3, -0.25) is 4.79 Å². The summed E-state index contributed by atoms with van der Waals surface area (Å²) < 4.78 is 0. The summed E-state index contributed by atoms with van der Waals surface area (Å²) in [5, 5.41) is 23.0. The van der Waals surface area contributed by atoms with Crippen LogP contribution in [0.2, 0.25) is 0 Å². The van der Waals surface area contributed by atoms with Crippen molar-refractivity contribution in [2.75, 3.05) is 6.61 Å². The number of allylic oxidation sites excluding steroid dienone is 5. The Hall–Kier alpha value is -1.39. The normalized spacial score (nSPS) is 13.2. The van der Waals surface area contributed by atoms with Gasteiger partial charge in [-0.2, -0.15) is 0 Å². The fourth-order valence-electron chi connectivity index (χ4n) is 7.37. The molecule has 0 spiro atoms. The van der Waals surface area contributed by atoms with Crippen LogP contribution in [-0.2, 0) is 4.79 Å². The Morgan fingerprint density at radius 2 is 0.722 bits per heavy atom. The van der Waals surface area contributed by atoms with Crippen molar-refractivity contribution in [2.24, 2.45) is 0 Å². The molecule has 0 fully saturated rings. The van der Waals surface area contributed by atoms with E-state index in [2.05, 4.69) is 43.5 Å². The Morgan fingerprint density at radius 1 is 0.426 bits per heavy atom. The third kappa shape index (κ3) is 41.8. The molecule has 2 unspecified atom stereocenters. The summed E-state index contributed by atoms with van der Waals surface area (Å²) in [4.78, 5) is 12.4. The number of aliphatic hydroxyl groups is 2. The first-order chi connectivity index (χ1) is 26.7. The van der Waals surface area contributed by atoms with Crippen molar-refractivity contribution < 1.29 is 15.0 Å². The zero-order chi connectivity index (χ0) is 39.3. The van der Waals surface area contributed by atoms with Gasteiger partial charge in [0.2, 0.25) is 5.91 Å². The standard InChI is InChI=1S/C50H95NO3/c1-3-5-7-9-11-13-15-17-19-21-22-23-24-25-26-27-28-30-32-34-36-38-40-42-44-46-50(54)51-48(47-52)49(53)45-43-41-39-37-35-33-31-29-20-18-16-14-12-10-8-6-4-2/h25-26,35,37,43,45,48-49,52-53H,3-24,27-34,36,38-42,44,46-47H2,1-2H3,(H,51,54)/b26-25-,37-35+,45-43+. The molecule has 0 aliphatic rings. The first-order valence-corrected chi connectivity index (χ1v) is 24.2. The van der Waals surface area contributed by atoms with Gasteiger partial charge < -0.3 is 15.5 Å². The van der Waals surface area contributed by atoms with Gasteiger partial charge in [-0.25, -0.2) is 0 Å². The van der Waals surface area contributed by atoms with Gasteiger partial charge in [0, 0.05) is 6.42 Å². The molecule has 0 aromatic rings. The summed E-state index contributed by atoms with van der Waals surface area (Å²) in [6.07, 6.45) is 61.3. The Kier molecular flexibility index (Phi) is 44.8. The Labute approximate surface area is 338 Å². The van der Waals surface area contributed by atoms with Gasteiger partial charge in [0.25, 0.3) is 0 Å². The molecule has 4 nitrogen and oxygen atoms in total. The van der Waals surface area contributed by atoms with E-state index in [0.29, 0.717) is 6.42 Å². The zero-order valence-corrected chi connectivity index (χ0v) is 36.5. The summed E-state index contributed by atoms with van der Waals surface area (Å²) in [5.41, 5.74) is 0. The van der Waals surface area contributed by atoms with Crippen LogP contribution in [0.25, 0.3) is 0 Å². The van der Waals surface area contributed by atoms with Crippen molar-refractivity contribution >= 4 is 5.91 Å². The molecular formula is C50H95NO3. The van der Waals surface area contributed by atoms with E-state index in [-0.39, 0.29) is 12.5 Å². The average Bonchev–Trinajstić information content (AvgIpc) is 3.18. The quantitative estimate of drug-likeness (QED) is 0.0428. The predicted molar refractivity (Wildman–Crippen MR) is 239 cm³/mol. The minimum absolute atomic E-state index is 0.0741. The fourth-order valence-corrected chi connectivity index (χ4v) is 7.37. The lowest BCUT2D eigenvalue weighted by Crippen LogP contribution is -2.45. The summed E-state index contributed by atoms with van der Waals surface area (Å²) in [5.74, 6) is -0.0741. The SMILES string of the molecule is CCCCCCCCCCCCC/C=C/CC/C=C/C(O)C(CO)NC(=O)CCCCCCCCCCC/C=C\CCCCCCCCCCCCCC. The summed E-state index contributed by atoms with van der Waals surface area (Å²) >= 11 is 0. The van der Waals surface area contributed by atoms with E-state index in [1.165, 1.54) is 205 Å². The average molecular weight is 758 g/mol. The molecule has 0 heterocycles. The molecule has 4 heteroatoms. The van der Waals surface area contributed by atoms with Crippen molar-refractivity contribution in [3.8, 4) is 0 Å². The van der Waals surface area contributed by atoms with Gasteiger partial charge in [0.05, 0.1) is 18.8 Å². The number of rotatable bonds is 44. The number of aliphatic hydroxyl groups excluding tert-OH is 2. The van der Waals surface area contributed by atoms with Gasteiger partial charge in [0.15, 0.2) is 0 Å². The molecule has 1 amide bonds. The third-order valence-electron chi connectivity index (χ3n) is 11.1. The number of amides is 1. The van der Waals surface area contributed by atoms with Gasteiger partial charge in [0.1, 0.15) is 0 Å². The zero-order valence-electron chi connectivity index (χ0n) is 36.5. The molecule has 0 rings (SSSR count). The van der Waals surface area contributed by atoms with E-state index in [4.69, 9.17) is 0 Å². The van der Waals surface area contributed by atoms with Crippen molar-refractivity contribution in [3.63, 3.8) is 0 Å². The number of carbonyl (C=O) groups excluding carboxylic acids is 1. The van der Waals surface area contributed by atoms with Gasteiger partial charge in [-0.15, -0.1) is 0 Å². The first kappa shape index (κ1) is 52.6. The minimum Gasteiger partial charge on any atom is -0.394 e. The van der Waals surface area contributed by atoms with E-state index in [1.54, 1.807) is 6.08 Å². The Morgan fingerprint density at radius 3 is 1.07 bits per heavy atom. The number of hydrogen-bond acceptors (Lipinski definition) is 3. The summed E-state index contributed by atoms with van der Waals surface area (Å²) in [7, 11) is 0. The van der Waals surface area contributed by atoms with Crippen molar-refractivity contribution in [1.29, 1.82) is 0 Å². The molecule has 0 aliphatic heterocycles. The molecule has 2 atom stereocenters. The maximum Gasteiger partial charge on any atom is 0.220 e. The second-order valence-electron chi connectivity index (χ2n) is 16.5. The smallest absolute Gasteiger partial charge is 0.220 e. The fraction of sp³-hybridized carbons (Fsp3) is 0.860. The largest absolute Gasteiger partial charge is 0.394 e. The number of unbranched alkanes of at least 4 members (excludes halogenated alkanes) is 33. The lowest BCUT2D eigenvalue weighted by Gasteiger charge is -2.19. The molecule has 0 saturated heterocycles. The van der Waals surface area contributed by atoms with Crippen molar-refractivity contribution in [1.82, 2.24) is 5.32 Å². The molecule has 0 saturated carbocycles. The molecule has 0 aromatic carbocycles. The summed E-state index contributed by atoms with van der Waals surface area (Å²) in [6.45, 7) is 4.31. The molecule has 54 heavy (non-hydrogen) atoms. The van der Waals surface area contributed by atoms with Gasteiger partial charge >= 0.3 is 0 Å². The highest BCUT2D eigenvalue weighted by Crippen LogP contribution is 2.15. The predicted octanol–water partition coefficient (Wildman–Crippen LogP) is 15.4. The maximum absolute atomic E-state index is 12.4. The Balaban J connectivity index is 3.55. The highest BCUT2D eigenvalue weighted by molar-refractivity contribution is 5.76. The molecule has 3 N–H and O–H groups in total. The molecule has 0 aliphatic carbocycles. The first-order valence-electron chi connectivity index (χ1n) is 24.2. The Bertz CT molecular complexity index is 821. The number of hydrogen-bond donors (Lipinski definition) is 3. The van der Waals surface area contributed by atoms with E-state index < -0.39 is 12.1 Å². The lowest BCUT2D eigenvalue weighted by molar-refractivity contribution is -0.123. The second kappa shape index (κ2) is 46.0.